The van der Waals surface area contributed by atoms with E-state index in [1.165, 1.54) is 12.4 Å². The number of nitrogens with zero attached hydrogens (tertiary/aromatic N) is 2. The Labute approximate surface area is 110 Å². The third-order valence-corrected chi connectivity index (χ3v) is 2.70. The lowest BCUT2D eigenvalue weighted by molar-refractivity contribution is 0.0934. The Morgan fingerprint density at radius 2 is 1.94 bits per heavy atom. The minimum atomic E-state index is -0.268. The van der Waals surface area contributed by atoms with E-state index in [4.69, 9.17) is 11.6 Å². The van der Waals surface area contributed by atoms with E-state index in [1.54, 1.807) is 0 Å². The molecule has 0 fully saturated rings. The molecule has 1 N–H and O–H groups in total. The third kappa shape index (κ3) is 3.05. The van der Waals surface area contributed by atoms with Gasteiger partial charge in [-0.2, -0.15) is 0 Å². The number of amides is 1. The zero-order valence-electron chi connectivity index (χ0n) is 9.80. The molecule has 1 aromatic carbocycles. The zero-order chi connectivity index (χ0) is 13.0. The van der Waals surface area contributed by atoms with Gasteiger partial charge in [0.15, 0.2) is 0 Å². The number of aromatic nitrogens is 2. The van der Waals surface area contributed by atoms with E-state index in [0.717, 1.165) is 5.56 Å². The molecule has 1 heterocycles. The monoisotopic (exact) mass is 261 g/mol. The van der Waals surface area contributed by atoms with Crippen molar-refractivity contribution < 1.29 is 4.79 Å². The summed E-state index contributed by atoms with van der Waals surface area (Å²) < 4.78 is 0. The number of nitrogens with one attached hydrogen (secondary N) is 1. The molecule has 1 aromatic heterocycles. The van der Waals surface area contributed by atoms with E-state index in [9.17, 15) is 4.79 Å². The van der Waals surface area contributed by atoms with Crippen molar-refractivity contribution in [3.05, 3.63) is 59.1 Å². The van der Waals surface area contributed by atoms with Gasteiger partial charge in [0.05, 0.1) is 18.4 Å². The van der Waals surface area contributed by atoms with Gasteiger partial charge in [-0.25, -0.2) is 9.97 Å². The highest BCUT2D eigenvalue weighted by molar-refractivity contribution is 6.29. The van der Waals surface area contributed by atoms with Crippen LogP contribution in [0.15, 0.2) is 42.7 Å². The van der Waals surface area contributed by atoms with Crippen molar-refractivity contribution in [2.75, 3.05) is 0 Å². The second-order valence-corrected chi connectivity index (χ2v) is 4.22. The molecule has 5 heteroatoms. The van der Waals surface area contributed by atoms with Crippen LogP contribution in [0.5, 0.6) is 0 Å². The standard InChI is InChI=1S/C13H12ClN3O/c1-9(10-5-3-2-4-6-10)17-13(18)11-7-16-12(14)8-15-11/h2-9H,1H3,(H,17,18). The summed E-state index contributed by atoms with van der Waals surface area (Å²) in [5.74, 6) is -0.268. The predicted molar refractivity (Wildman–Crippen MR) is 69.4 cm³/mol. The maximum Gasteiger partial charge on any atom is 0.271 e. The Kier molecular flexibility index (Phi) is 3.89. The summed E-state index contributed by atoms with van der Waals surface area (Å²) in [4.78, 5) is 19.6. The summed E-state index contributed by atoms with van der Waals surface area (Å²) >= 11 is 5.61. The maximum absolute atomic E-state index is 11.9. The zero-order valence-corrected chi connectivity index (χ0v) is 10.6. The molecule has 0 spiro atoms. The highest BCUT2D eigenvalue weighted by Crippen LogP contribution is 2.11. The fourth-order valence-electron chi connectivity index (χ4n) is 1.53. The second-order valence-electron chi connectivity index (χ2n) is 3.83. The molecule has 4 nitrogen and oxygen atoms in total. The molecule has 2 rings (SSSR count). The van der Waals surface area contributed by atoms with Crippen LogP contribution in [0.2, 0.25) is 5.15 Å². The summed E-state index contributed by atoms with van der Waals surface area (Å²) in [7, 11) is 0. The summed E-state index contributed by atoms with van der Waals surface area (Å²) in [5.41, 5.74) is 1.29. The first kappa shape index (κ1) is 12.5. The van der Waals surface area contributed by atoms with E-state index < -0.39 is 0 Å². The topological polar surface area (TPSA) is 54.9 Å². The Hall–Kier alpha value is -1.94. The molecule has 1 atom stereocenters. The van der Waals surface area contributed by atoms with Crippen LogP contribution in [-0.4, -0.2) is 15.9 Å². The van der Waals surface area contributed by atoms with Crippen LogP contribution in [0.25, 0.3) is 0 Å². The predicted octanol–water partition coefficient (Wildman–Crippen LogP) is 2.62. The number of carbonyl (C=O) groups excluding carboxylic acids is 1. The summed E-state index contributed by atoms with van der Waals surface area (Å²) in [6, 6.07) is 9.62. The fourth-order valence-corrected chi connectivity index (χ4v) is 1.62. The van der Waals surface area contributed by atoms with Crippen LogP contribution < -0.4 is 5.32 Å². The molecule has 0 saturated carbocycles. The van der Waals surface area contributed by atoms with Crippen LogP contribution >= 0.6 is 11.6 Å². The second kappa shape index (κ2) is 5.60. The van der Waals surface area contributed by atoms with Gasteiger partial charge >= 0.3 is 0 Å². The molecule has 0 aliphatic heterocycles. The molecule has 2 aromatic rings. The fraction of sp³-hybridized carbons (Fsp3) is 0.154. The molecular formula is C13H12ClN3O. The molecule has 0 aliphatic carbocycles. The van der Waals surface area contributed by atoms with Crippen molar-refractivity contribution in [3.63, 3.8) is 0 Å². The van der Waals surface area contributed by atoms with E-state index in [0.29, 0.717) is 0 Å². The summed E-state index contributed by atoms with van der Waals surface area (Å²) in [6.45, 7) is 1.91. The van der Waals surface area contributed by atoms with Crippen LogP contribution in [0.4, 0.5) is 0 Å². The minimum absolute atomic E-state index is 0.0869. The van der Waals surface area contributed by atoms with Crippen LogP contribution in [0, 0.1) is 0 Å². The number of carbonyl (C=O) groups is 1. The average Bonchev–Trinajstić information content (AvgIpc) is 2.40. The van der Waals surface area contributed by atoms with E-state index in [-0.39, 0.29) is 22.8 Å². The first-order chi connectivity index (χ1) is 8.66. The molecule has 1 unspecified atom stereocenters. The minimum Gasteiger partial charge on any atom is -0.344 e. The smallest absolute Gasteiger partial charge is 0.271 e. The average molecular weight is 262 g/mol. The molecule has 0 aliphatic rings. The Morgan fingerprint density at radius 1 is 1.22 bits per heavy atom. The molecule has 18 heavy (non-hydrogen) atoms. The quantitative estimate of drug-likeness (QED) is 0.924. The first-order valence-electron chi connectivity index (χ1n) is 5.50. The van der Waals surface area contributed by atoms with Gasteiger partial charge in [0, 0.05) is 0 Å². The number of hydrogen-bond donors (Lipinski definition) is 1. The Morgan fingerprint density at radius 3 is 2.56 bits per heavy atom. The Bertz CT molecular complexity index is 528. The van der Waals surface area contributed by atoms with Crippen molar-refractivity contribution in [3.8, 4) is 0 Å². The van der Waals surface area contributed by atoms with Gasteiger partial charge in [-0.05, 0) is 12.5 Å². The first-order valence-corrected chi connectivity index (χ1v) is 5.88. The van der Waals surface area contributed by atoms with Crippen molar-refractivity contribution >= 4 is 17.5 Å². The largest absolute Gasteiger partial charge is 0.344 e. The number of halogens is 1. The molecule has 92 valence electrons. The van der Waals surface area contributed by atoms with Crippen LogP contribution in [-0.2, 0) is 0 Å². The van der Waals surface area contributed by atoms with Gasteiger partial charge in [-0.3, -0.25) is 4.79 Å². The van der Waals surface area contributed by atoms with Gasteiger partial charge in [-0.1, -0.05) is 41.9 Å². The van der Waals surface area contributed by atoms with E-state index >= 15 is 0 Å². The lowest BCUT2D eigenvalue weighted by Gasteiger charge is -2.13. The third-order valence-electron chi connectivity index (χ3n) is 2.50. The molecule has 0 bridgehead atoms. The van der Waals surface area contributed by atoms with E-state index in [2.05, 4.69) is 15.3 Å². The summed E-state index contributed by atoms with van der Waals surface area (Å²) in [5, 5.41) is 3.11. The van der Waals surface area contributed by atoms with Crippen molar-refractivity contribution in [2.45, 2.75) is 13.0 Å². The van der Waals surface area contributed by atoms with Crippen molar-refractivity contribution in [2.24, 2.45) is 0 Å². The lowest BCUT2D eigenvalue weighted by Crippen LogP contribution is -2.27. The van der Waals surface area contributed by atoms with Gasteiger partial charge in [0.1, 0.15) is 10.8 Å². The number of rotatable bonds is 3. The number of benzene rings is 1. The van der Waals surface area contributed by atoms with Crippen LogP contribution in [0.3, 0.4) is 0 Å². The van der Waals surface area contributed by atoms with Crippen LogP contribution in [0.1, 0.15) is 29.0 Å². The molecule has 0 radical (unpaired) electrons. The SMILES string of the molecule is CC(NC(=O)c1cnc(Cl)cn1)c1ccccc1. The highest BCUT2D eigenvalue weighted by Gasteiger charge is 2.12. The van der Waals surface area contributed by atoms with Gasteiger partial charge < -0.3 is 5.32 Å². The van der Waals surface area contributed by atoms with Gasteiger partial charge in [0.2, 0.25) is 0 Å². The van der Waals surface area contributed by atoms with Gasteiger partial charge in [-0.15, -0.1) is 0 Å². The van der Waals surface area contributed by atoms with E-state index in [1.807, 2.05) is 37.3 Å². The molecule has 1 amide bonds. The number of hydrogen-bond acceptors (Lipinski definition) is 3. The van der Waals surface area contributed by atoms with Crippen molar-refractivity contribution in [1.82, 2.24) is 15.3 Å². The highest BCUT2D eigenvalue weighted by atomic mass is 35.5. The molecular weight excluding hydrogens is 250 g/mol. The van der Waals surface area contributed by atoms with Crippen molar-refractivity contribution in [1.29, 1.82) is 0 Å². The summed E-state index contributed by atoms with van der Waals surface area (Å²) in [6.07, 6.45) is 2.71. The Balaban J connectivity index is 2.06. The lowest BCUT2D eigenvalue weighted by atomic mass is 10.1. The normalized spacial score (nSPS) is 11.9. The maximum atomic E-state index is 11.9. The van der Waals surface area contributed by atoms with Gasteiger partial charge in [0.25, 0.3) is 5.91 Å². The molecule has 0 saturated heterocycles.